The van der Waals surface area contributed by atoms with Crippen molar-refractivity contribution in [1.82, 2.24) is 15.2 Å². The minimum Gasteiger partial charge on any atom is -0.367 e. The van der Waals surface area contributed by atoms with Gasteiger partial charge in [0.25, 0.3) is 0 Å². The zero-order chi connectivity index (χ0) is 23.6. The summed E-state index contributed by atoms with van der Waals surface area (Å²) >= 11 is 6.35. The zero-order valence-corrected chi connectivity index (χ0v) is 19.7. The lowest BCUT2D eigenvalue weighted by Gasteiger charge is -2.38. The molecule has 4 N–H and O–H groups in total. The van der Waals surface area contributed by atoms with E-state index >= 15 is 0 Å². The number of carbonyl (C=O) groups excluding carboxylic acids is 2. The third-order valence-electron chi connectivity index (χ3n) is 6.07. The van der Waals surface area contributed by atoms with E-state index in [-0.39, 0.29) is 11.8 Å². The second kappa shape index (κ2) is 9.45. The SMILES string of the molecule is CC(C)(N)C(=O)N[C@H](Cc1c[nH]c2ccccc12)C(=O)N1CCN(c2ccccc2Cl)CC1. The summed E-state index contributed by atoms with van der Waals surface area (Å²) < 4.78 is 0. The van der Waals surface area contributed by atoms with Crippen LogP contribution in [0.1, 0.15) is 19.4 Å². The predicted molar refractivity (Wildman–Crippen MR) is 132 cm³/mol. The maximum absolute atomic E-state index is 13.5. The summed E-state index contributed by atoms with van der Waals surface area (Å²) in [5.41, 5.74) is 7.87. The molecule has 0 spiro atoms. The first-order chi connectivity index (χ1) is 15.7. The van der Waals surface area contributed by atoms with E-state index in [1.807, 2.05) is 59.6 Å². The minimum atomic E-state index is -1.08. The van der Waals surface area contributed by atoms with Crippen LogP contribution in [0.2, 0.25) is 5.02 Å². The summed E-state index contributed by atoms with van der Waals surface area (Å²) in [4.78, 5) is 33.5. The normalized spacial score (nSPS) is 15.5. The summed E-state index contributed by atoms with van der Waals surface area (Å²) in [5.74, 6) is -0.452. The molecule has 7 nitrogen and oxygen atoms in total. The van der Waals surface area contributed by atoms with Crippen molar-refractivity contribution in [3.63, 3.8) is 0 Å². The van der Waals surface area contributed by atoms with E-state index in [4.69, 9.17) is 17.3 Å². The Morgan fingerprint density at radius 1 is 1.09 bits per heavy atom. The molecular weight excluding hydrogens is 438 g/mol. The number of piperazine rings is 1. The van der Waals surface area contributed by atoms with Crippen LogP contribution < -0.4 is 16.0 Å². The van der Waals surface area contributed by atoms with Crippen LogP contribution in [0.4, 0.5) is 5.69 Å². The topological polar surface area (TPSA) is 94.5 Å². The Balaban J connectivity index is 1.51. The second-order valence-corrected chi connectivity index (χ2v) is 9.48. The lowest BCUT2D eigenvalue weighted by Crippen LogP contribution is -2.59. The Kier molecular flexibility index (Phi) is 6.63. The molecular formula is C25H30ClN5O2. The molecule has 1 aromatic heterocycles. The van der Waals surface area contributed by atoms with Crippen LogP contribution in [0.5, 0.6) is 0 Å². The highest BCUT2D eigenvalue weighted by molar-refractivity contribution is 6.33. The van der Waals surface area contributed by atoms with Crippen LogP contribution in [0.3, 0.4) is 0 Å². The summed E-state index contributed by atoms with van der Waals surface area (Å²) in [6, 6.07) is 15.0. The number of carbonyl (C=O) groups is 2. The van der Waals surface area contributed by atoms with Crippen molar-refractivity contribution in [1.29, 1.82) is 0 Å². The van der Waals surface area contributed by atoms with Crippen LogP contribution in [0.25, 0.3) is 10.9 Å². The number of benzene rings is 2. The number of hydrogen-bond donors (Lipinski definition) is 3. The quantitative estimate of drug-likeness (QED) is 0.519. The molecule has 1 atom stereocenters. The number of anilines is 1. The highest BCUT2D eigenvalue weighted by Crippen LogP contribution is 2.26. The van der Waals surface area contributed by atoms with E-state index in [1.165, 1.54) is 0 Å². The number of halogens is 1. The molecule has 0 radical (unpaired) electrons. The molecule has 1 saturated heterocycles. The standard InChI is InChI=1S/C25H30ClN5O2/c1-25(2,27)24(33)29-21(15-17-16-28-20-9-5-3-7-18(17)20)23(32)31-13-11-30(12-14-31)22-10-6-4-8-19(22)26/h3-10,16,21,28H,11-15,27H2,1-2H3,(H,29,33)/t21-/m1/s1. The number of amides is 2. The lowest BCUT2D eigenvalue weighted by atomic mass is 10.0. The Morgan fingerprint density at radius 3 is 2.45 bits per heavy atom. The van der Waals surface area contributed by atoms with Gasteiger partial charge in [0.05, 0.1) is 16.2 Å². The molecule has 8 heteroatoms. The Hall–Kier alpha value is -3.03. The third-order valence-corrected chi connectivity index (χ3v) is 6.39. The van der Waals surface area contributed by atoms with E-state index in [0.717, 1.165) is 22.2 Å². The maximum atomic E-state index is 13.5. The van der Waals surface area contributed by atoms with Crippen LogP contribution in [0, 0.1) is 0 Å². The molecule has 0 saturated carbocycles. The molecule has 0 bridgehead atoms. The monoisotopic (exact) mass is 467 g/mol. The first-order valence-electron chi connectivity index (χ1n) is 11.2. The number of hydrogen-bond acceptors (Lipinski definition) is 4. The van der Waals surface area contributed by atoms with E-state index in [9.17, 15) is 9.59 Å². The number of nitrogens with zero attached hydrogens (tertiary/aromatic N) is 2. The van der Waals surface area contributed by atoms with Crippen molar-refractivity contribution in [3.05, 3.63) is 65.3 Å². The van der Waals surface area contributed by atoms with Crippen molar-refractivity contribution in [3.8, 4) is 0 Å². The van der Waals surface area contributed by atoms with Gasteiger partial charge in [0, 0.05) is 49.7 Å². The molecule has 2 heterocycles. The van der Waals surface area contributed by atoms with Crippen LogP contribution >= 0.6 is 11.6 Å². The van der Waals surface area contributed by atoms with Gasteiger partial charge in [0.15, 0.2) is 0 Å². The van der Waals surface area contributed by atoms with Gasteiger partial charge in [-0.2, -0.15) is 0 Å². The smallest absolute Gasteiger partial charge is 0.245 e. The van der Waals surface area contributed by atoms with Crippen LogP contribution in [-0.2, 0) is 16.0 Å². The molecule has 1 aliphatic rings. The van der Waals surface area contributed by atoms with Gasteiger partial charge in [-0.1, -0.05) is 41.9 Å². The average Bonchev–Trinajstić information content (AvgIpc) is 3.21. The fourth-order valence-electron chi connectivity index (χ4n) is 4.16. The number of rotatable bonds is 6. The fraction of sp³-hybridized carbons (Fsp3) is 0.360. The molecule has 1 aliphatic heterocycles. The van der Waals surface area contributed by atoms with Gasteiger partial charge in [0.2, 0.25) is 11.8 Å². The summed E-state index contributed by atoms with van der Waals surface area (Å²) in [7, 11) is 0. The molecule has 1 fully saturated rings. The molecule has 2 aromatic carbocycles. The fourth-order valence-corrected chi connectivity index (χ4v) is 4.42. The molecule has 174 valence electrons. The first-order valence-corrected chi connectivity index (χ1v) is 11.5. The zero-order valence-electron chi connectivity index (χ0n) is 19.0. The molecule has 4 rings (SSSR count). The van der Waals surface area contributed by atoms with Crippen molar-refractivity contribution in [2.24, 2.45) is 5.73 Å². The Morgan fingerprint density at radius 2 is 1.76 bits per heavy atom. The van der Waals surface area contributed by atoms with Gasteiger partial charge in [-0.05, 0) is 37.6 Å². The van der Waals surface area contributed by atoms with Gasteiger partial charge in [0.1, 0.15) is 6.04 Å². The highest BCUT2D eigenvalue weighted by Gasteiger charge is 2.32. The summed E-state index contributed by atoms with van der Waals surface area (Å²) in [6.07, 6.45) is 2.29. The maximum Gasteiger partial charge on any atom is 0.245 e. The second-order valence-electron chi connectivity index (χ2n) is 9.08. The number of fused-ring (bicyclic) bond motifs is 1. The largest absolute Gasteiger partial charge is 0.367 e. The Bertz CT molecular complexity index is 1140. The number of nitrogens with one attached hydrogen (secondary N) is 2. The van der Waals surface area contributed by atoms with Gasteiger partial charge in [-0.3, -0.25) is 9.59 Å². The van der Waals surface area contributed by atoms with Crippen molar-refractivity contribution < 1.29 is 9.59 Å². The molecule has 2 amide bonds. The van der Waals surface area contributed by atoms with Gasteiger partial charge in [-0.15, -0.1) is 0 Å². The summed E-state index contributed by atoms with van der Waals surface area (Å²) in [5, 5.41) is 4.65. The van der Waals surface area contributed by atoms with Crippen LogP contribution in [-0.4, -0.2) is 59.5 Å². The van der Waals surface area contributed by atoms with E-state index in [1.54, 1.807) is 13.8 Å². The molecule has 0 unspecified atom stereocenters. The van der Waals surface area contributed by atoms with Gasteiger partial charge in [-0.25, -0.2) is 0 Å². The minimum absolute atomic E-state index is 0.100. The van der Waals surface area contributed by atoms with E-state index in [2.05, 4.69) is 15.2 Å². The average molecular weight is 468 g/mol. The highest BCUT2D eigenvalue weighted by atomic mass is 35.5. The predicted octanol–water partition coefficient (Wildman–Crippen LogP) is 2.93. The number of nitrogens with two attached hydrogens (primary N) is 1. The van der Waals surface area contributed by atoms with Crippen molar-refractivity contribution >= 4 is 40.0 Å². The number of para-hydroxylation sites is 2. The van der Waals surface area contributed by atoms with Crippen molar-refractivity contribution in [2.45, 2.75) is 31.8 Å². The van der Waals surface area contributed by atoms with Crippen LogP contribution in [0.15, 0.2) is 54.7 Å². The molecule has 3 aromatic rings. The first kappa shape index (κ1) is 23.1. The number of aromatic nitrogens is 1. The Labute approximate surface area is 198 Å². The van der Waals surface area contributed by atoms with Crippen molar-refractivity contribution in [2.75, 3.05) is 31.1 Å². The lowest BCUT2D eigenvalue weighted by molar-refractivity contribution is -0.137. The van der Waals surface area contributed by atoms with E-state index in [0.29, 0.717) is 37.6 Å². The molecule has 0 aliphatic carbocycles. The number of aromatic amines is 1. The third kappa shape index (κ3) is 5.15. The van der Waals surface area contributed by atoms with Gasteiger partial charge < -0.3 is 25.8 Å². The number of H-pyrrole nitrogens is 1. The van der Waals surface area contributed by atoms with Gasteiger partial charge >= 0.3 is 0 Å². The molecule has 33 heavy (non-hydrogen) atoms. The summed E-state index contributed by atoms with van der Waals surface area (Å²) in [6.45, 7) is 5.72. The van der Waals surface area contributed by atoms with E-state index < -0.39 is 11.6 Å².